The van der Waals surface area contributed by atoms with Gasteiger partial charge < -0.3 is 4.74 Å². The first-order chi connectivity index (χ1) is 7.92. The van der Waals surface area contributed by atoms with Crippen molar-refractivity contribution < 1.29 is 17.9 Å². The fourth-order valence-corrected chi connectivity index (χ4v) is 2.14. The molecule has 0 aliphatic heterocycles. The highest BCUT2D eigenvalue weighted by Crippen LogP contribution is 2.39. The Morgan fingerprint density at radius 2 is 2.06 bits per heavy atom. The predicted molar refractivity (Wildman–Crippen MR) is 67.3 cm³/mol. The van der Waals surface area contributed by atoms with Gasteiger partial charge in [-0.3, -0.25) is 0 Å². The Bertz CT molecular complexity index is 373. The third-order valence-corrected chi connectivity index (χ3v) is 3.25. The van der Waals surface area contributed by atoms with Crippen LogP contribution in [0.2, 0.25) is 5.02 Å². The Morgan fingerprint density at radius 3 is 2.59 bits per heavy atom. The summed E-state index contributed by atoms with van der Waals surface area (Å²) in [4.78, 5) is 0.0512. The SMILES string of the molecule is FC(F)(F)Sc1ccc(OCCCBr)c(Cl)c1. The second-order valence-corrected chi connectivity index (χ2v) is 5.37. The summed E-state index contributed by atoms with van der Waals surface area (Å²) < 4.78 is 41.6. The maximum atomic E-state index is 12.1. The zero-order valence-corrected chi connectivity index (χ0v) is 11.7. The van der Waals surface area contributed by atoms with E-state index in [2.05, 4.69) is 15.9 Å². The van der Waals surface area contributed by atoms with E-state index >= 15 is 0 Å². The molecule has 0 saturated carbocycles. The van der Waals surface area contributed by atoms with E-state index in [1.54, 1.807) is 0 Å². The summed E-state index contributed by atoms with van der Waals surface area (Å²) >= 11 is 8.87. The fourth-order valence-electron chi connectivity index (χ4n) is 1.03. The summed E-state index contributed by atoms with van der Waals surface area (Å²) in [5.41, 5.74) is -4.30. The maximum Gasteiger partial charge on any atom is 0.446 e. The Hall–Kier alpha value is -0.0700. The first-order valence-corrected chi connectivity index (χ1v) is 6.98. The van der Waals surface area contributed by atoms with Crippen molar-refractivity contribution in [1.29, 1.82) is 0 Å². The summed E-state index contributed by atoms with van der Waals surface area (Å²) in [6, 6.07) is 4.04. The van der Waals surface area contributed by atoms with Gasteiger partial charge in [-0.15, -0.1) is 0 Å². The average molecular weight is 350 g/mol. The number of alkyl halides is 4. The smallest absolute Gasteiger partial charge is 0.446 e. The lowest BCUT2D eigenvalue weighted by atomic mass is 10.3. The second kappa shape index (κ2) is 6.75. The van der Waals surface area contributed by atoms with Gasteiger partial charge in [-0.05, 0) is 36.4 Å². The molecule has 0 fully saturated rings. The van der Waals surface area contributed by atoms with Crippen LogP contribution in [0.3, 0.4) is 0 Å². The molecule has 1 aromatic rings. The van der Waals surface area contributed by atoms with Crippen molar-refractivity contribution in [2.24, 2.45) is 0 Å². The van der Waals surface area contributed by atoms with E-state index in [-0.39, 0.29) is 21.7 Å². The van der Waals surface area contributed by atoms with Gasteiger partial charge in [0.15, 0.2) is 0 Å². The summed E-state index contributed by atoms with van der Waals surface area (Å²) in [7, 11) is 0. The topological polar surface area (TPSA) is 9.23 Å². The quantitative estimate of drug-likeness (QED) is 0.415. The van der Waals surface area contributed by atoms with E-state index in [0.29, 0.717) is 12.4 Å². The number of ether oxygens (including phenoxy) is 1. The molecule has 0 amide bonds. The van der Waals surface area contributed by atoms with Crippen molar-refractivity contribution in [2.75, 3.05) is 11.9 Å². The number of benzene rings is 1. The van der Waals surface area contributed by atoms with E-state index in [4.69, 9.17) is 16.3 Å². The molecule has 0 unspecified atom stereocenters. The lowest BCUT2D eigenvalue weighted by molar-refractivity contribution is -0.0328. The van der Waals surface area contributed by atoms with Crippen LogP contribution in [-0.2, 0) is 0 Å². The molecule has 7 heteroatoms. The highest BCUT2D eigenvalue weighted by Gasteiger charge is 2.29. The van der Waals surface area contributed by atoms with Gasteiger partial charge in [-0.2, -0.15) is 13.2 Å². The molecule has 1 aromatic carbocycles. The minimum atomic E-state index is -4.30. The highest BCUT2D eigenvalue weighted by molar-refractivity contribution is 9.09. The van der Waals surface area contributed by atoms with E-state index in [0.717, 1.165) is 11.8 Å². The summed E-state index contributed by atoms with van der Waals surface area (Å²) in [5.74, 6) is 0.402. The lowest BCUT2D eigenvalue weighted by Crippen LogP contribution is -2.00. The van der Waals surface area contributed by atoms with Crippen molar-refractivity contribution in [3.8, 4) is 5.75 Å². The van der Waals surface area contributed by atoms with Gasteiger partial charge in [0.05, 0.1) is 11.6 Å². The molecule has 1 nitrogen and oxygen atoms in total. The van der Waals surface area contributed by atoms with Crippen LogP contribution in [0.15, 0.2) is 23.1 Å². The molecule has 0 aromatic heterocycles. The van der Waals surface area contributed by atoms with Crippen LogP contribution in [0.4, 0.5) is 13.2 Å². The minimum absolute atomic E-state index is 0.0512. The summed E-state index contributed by atoms with van der Waals surface area (Å²) in [5, 5.41) is 0.987. The molecule has 0 radical (unpaired) electrons. The Kier molecular flexibility index (Phi) is 5.95. The maximum absolute atomic E-state index is 12.1. The largest absolute Gasteiger partial charge is 0.492 e. The van der Waals surface area contributed by atoms with Gasteiger partial charge >= 0.3 is 5.51 Å². The standard InChI is InChI=1S/C10H9BrClF3OS/c11-4-1-5-16-9-3-2-7(6-8(9)12)17-10(13,14)15/h2-3,6H,1,4-5H2. The van der Waals surface area contributed by atoms with Crippen LogP contribution in [0.5, 0.6) is 5.75 Å². The van der Waals surface area contributed by atoms with Crippen molar-refractivity contribution in [1.82, 2.24) is 0 Å². The molecule has 0 N–H and O–H groups in total. The molecule has 0 saturated heterocycles. The van der Waals surface area contributed by atoms with Crippen LogP contribution < -0.4 is 4.74 Å². The third-order valence-electron chi connectivity index (χ3n) is 1.67. The van der Waals surface area contributed by atoms with Crippen molar-refractivity contribution in [3.63, 3.8) is 0 Å². The van der Waals surface area contributed by atoms with Gasteiger partial charge in [0.1, 0.15) is 5.75 Å². The van der Waals surface area contributed by atoms with Gasteiger partial charge in [0.2, 0.25) is 0 Å². The molecule has 17 heavy (non-hydrogen) atoms. The second-order valence-electron chi connectivity index (χ2n) is 3.03. The molecule has 0 heterocycles. The number of hydrogen-bond donors (Lipinski definition) is 0. The molecule has 0 aliphatic carbocycles. The number of rotatable bonds is 5. The number of thioether (sulfide) groups is 1. The van der Waals surface area contributed by atoms with Crippen LogP contribution in [0.25, 0.3) is 0 Å². The summed E-state index contributed by atoms with van der Waals surface area (Å²) in [6.45, 7) is 0.469. The summed E-state index contributed by atoms with van der Waals surface area (Å²) in [6.07, 6.45) is 0.801. The van der Waals surface area contributed by atoms with Crippen LogP contribution >= 0.6 is 39.3 Å². The number of halogens is 5. The first kappa shape index (κ1) is 15.0. The Labute approximate surface area is 115 Å². The molecule has 0 bridgehead atoms. The highest BCUT2D eigenvalue weighted by atomic mass is 79.9. The zero-order valence-electron chi connectivity index (χ0n) is 8.56. The monoisotopic (exact) mass is 348 g/mol. The molecule has 1 rings (SSSR count). The third kappa shape index (κ3) is 5.88. The van der Waals surface area contributed by atoms with E-state index in [9.17, 15) is 13.2 Å². The normalized spacial score (nSPS) is 11.6. The molecular weight excluding hydrogens is 341 g/mol. The molecule has 0 aliphatic rings. The van der Waals surface area contributed by atoms with E-state index in [1.807, 2.05) is 0 Å². The lowest BCUT2D eigenvalue weighted by Gasteiger charge is -2.09. The van der Waals surface area contributed by atoms with Gasteiger partial charge in [0.25, 0.3) is 0 Å². The fraction of sp³-hybridized carbons (Fsp3) is 0.400. The van der Waals surface area contributed by atoms with Crippen LogP contribution in [-0.4, -0.2) is 17.4 Å². The van der Waals surface area contributed by atoms with Crippen molar-refractivity contribution >= 4 is 39.3 Å². The zero-order chi connectivity index (χ0) is 12.9. The van der Waals surface area contributed by atoms with Gasteiger partial charge in [0, 0.05) is 10.2 Å². The number of hydrogen-bond acceptors (Lipinski definition) is 2. The van der Waals surface area contributed by atoms with Crippen molar-refractivity contribution in [3.05, 3.63) is 23.2 Å². The molecule has 0 spiro atoms. The minimum Gasteiger partial charge on any atom is -0.492 e. The van der Waals surface area contributed by atoms with Gasteiger partial charge in [-0.25, -0.2) is 0 Å². The molecule has 96 valence electrons. The Morgan fingerprint density at radius 1 is 1.35 bits per heavy atom. The van der Waals surface area contributed by atoms with Crippen LogP contribution in [0, 0.1) is 0 Å². The first-order valence-electron chi connectivity index (χ1n) is 4.66. The van der Waals surface area contributed by atoms with Crippen molar-refractivity contribution in [2.45, 2.75) is 16.8 Å². The van der Waals surface area contributed by atoms with Crippen LogP contribution in [0.1, 0.15) is 6.42 Å². The average Bonchev–Trinajstić information content (AvgIpc) is 2.19. The molecule has 0 atom stereocenters. The van der Waals surface area contributed by atoms with Gasteiger partial charge in [-0.1, -0.05) is 27.5 Å². The van der Waals surface area contributed by atoms with E-state index in [1.165, 1.54) is 18.2 Å². The predicted octanol–water partition coefficient (Wildman–Crippen LogP) is 5.12. The Balaban J connectivity index is 2.66. The molecular formula is C10H9BrClF3OS. The van der Waals surface area contributed by atoms with E-state index < -0.39 is 5.51 Å².